The summed E-state index contributed by atoms with van der Waals surface area (Å²) in [5.74, 6) is 0. The van der Waals surface area contributed by atoms with E-state index in [-0.39, 0.29) is 5.54 Å². The Morgan fingerprint density at radius 3 is 2.59 bits per heavy atom. The number of hydrogen-bond donors (Lipinski definition) is 1. The van der Waals surface area contributed by atoms with Crippen molar-refractivity contribution in [3.63, 3.8) is 0 Å². The van der Waals surface area contributed by atoms with E-state index in [0.29, 0.717) is 6.54 Å². The van der Waals surface area contributed by atoms with Crippen LogP contribution in [0, 0.1) is 0 Å². The van der Waals surface area contributed by atoms with Gasteiger partial charge in [0.1, 0.15) is 0 Å². The van der Waals surface area contributed by atoms with Crippen LogP contribution in [0.2, 0.25) is 0 Å². The Kier molecular flexibility index (Phi) is 5.59. The third-order valence-electron chi connectivity index (χ3n) is 3.54. The van der Waals surface area contributed by atoms with Gasteiger partial charge in [-0.25, -0.2) is 0 Å². The summed E-state index contributed by atoms with van der Waals surface area (Å²) < 4.78 is 0. The Balaban J connectivity index is 2.79. The van der Waals surface area contributed by atoms with E-state index in [0.717, 1.165) is 31.6 Å². The summed E-state index contributed by atoms with van der Waals surface area (Å²) in [4.78, 5) is 6.85. The average molecular weight is 235 g/mol. The van der Waals surface area contributed by atoms with Gasteiger partial charge in [0.2, 0.25) is 0 Å². The maximum Gasteiger partial charge on any atom is 0.0544 e. The van der Waals surface area contributed by atoms with Gasteiger partial charge in [-0.3, -0.25) is 9.88 Å². The average Bonchev–Trinajstić information content (AvgIpc) is 2.38. The number of aromatic nitrogens is 1. The fourth-order valence-electron chi connectivity index (χ4n) is 1.99. The van der Waals surface area contributed by atoms with Crippen molar-refractivity contribution in [2.45, 2.75) is 45.7 Å². The second-order valence-corrected chi connectivity index (χ2v) is 4.80. The minimum absolute atomic E-state index is 0.0769. The summed E-state index contributed by atoms with van der Waals surface area (Å²) in [5.41, 5.74) is 7.14. The molecule has 0 saturated carbocycles. The number of pyridine rings is 1. The second-order valence-electron chi connectivity index (χ2n) is 4.80. The smallest absolute Gasteiger partial charge is 0.0544 e. The molecule has 0 bridgehead atoms. The van der Waals surface area contributed by atoms with Crippen molar-refractivity contribution in [2.24, 2.45) is 5.73 Å². The van der Waals surface area contributed by atoms with E-state index >= 15 is 0 Å². The summed E-state index contributed by atoms with van der Waals surface area (Å²) in [7, 11) is 0. The van der Waals surface area contributed by atoms with Crippen molar-refractivity contribution in [3.05, 3.63) is 30.1 Å². The van der Waals surface area contributed by atoms with Crippen molar-refractivity contribution in [1.82, 2.24) is 9.88 Å². The quantitative estimate of drug-likeness (QED) is 0.789. The molecule has 1 aromatic rings. The standard InChI is InChI=1S/C14H25N3/c1-4-10-17(14(3,5-2)12-15)11-13-8-6-7-9-16-13/h6-9H,4-5,10-12,15H2,1-3H3. The molecule has 0 saturated heterocycles. The molecule has 0 amide bonds. The molecule has 0 fully saturated rings. The Morgan fingerprint density at radius 1 is 1.35 bits per heavy atom. The third kappa shape index (κ3) is 3.79. The van der Waals surface area contributed by atoms with Crippen LogP contribution in [0.25, 0.3) is 0 Å². The van der Waals surface area contributed by atoms with Crippen LogP contribution in [0.5, 0.6) is 0 Å². The van der Waals surface area contributed by atoms with Gasteiger partial charge in [0.15, 0.2) is 0 Å². The molecule has 0 aromatic carbocycles. The van der Waals surface area contributed by atoms with Crippen molar-refractivity contribution in [3.8, 4) is 0 Å². The largest absolute Gasteiger partial charge is 0.329 e. The van der Waals surface area contributed by atoms with Gasteiger partial charge in [0, 0.05) is 24.8 Å². The van der Waals surface area contributed by atoms with E-state index in [2.05, 4.69) is 36.7 Å². The molecule has 0 radical (unpaired) electrons. The lowest BCUT2D eigenvalue weighted by atomic mass is 9.96. The fraction of sp³-hybridized carbons (Fsp3) is 0.643. The predicted octanol–water partition coefficient (Wildman–Crippen LogP) is 2.42. The predicted molar refractivity (Wildman–Crippen MR) is 72.7 cm³/mol. The minimum atomic E-state index is 0.0769. The Labute approximate surface area is 105 Å². The highest BCUT2D eigenvalue weighted by Gasteiger charge is 2.28. The molecule has 0 aliphatic carbocycles. The molecule has 1 rings (SSSR count). The number of rotatable bonds is 7. The van der Waals surface area contributed by atoms with Crippen LogP contribution in [0.4, 0.5) is 0 Å². The van der Waals surface area contributed by atoms with Crippen molar-refractivity contribution < 1.29 is 0 Å². The van der Waals surface area contributed by atoms with Gasteiger partial charge in [-0.05, 0) is 38.4 Å². The molecule has 1 aromatic heterocycles. The van der Waals surface area contributed by atoms with Gasteiger partial charge in [0.05, 0.1) is 5.69 Å². The lowest BCUT2D eigenvalue weighted by Gasteiger charge is -2.40. The van der Waals surface area contributed by atoms with E-state index in [4.69, 9.17) is 5.73 Å². The van der Waals surface area contributed by atoms with Gasteiger partial charge in [-0.2, -0.15) is 0 Å². The number of nitrogens with two attached hydrogens (primary N) is 1. The fourth-order valence-corrected chi connectivity index (χ4v) is 1.99. The summed E-state index contributed by atoms with van der Waals surface area (Å²) >= 11 is 0. The molecule has 0 aliphatic rings. The van der Waals surface area contributed by atoms with Gasteiger partial charge in [0.25, 0.3) is 0 Å². The van der Waals surface area contributed by atoms with Crippen LogP contribution in [-0.2, 0) is 6.54 Å². The van der Waals surface area contributed by atoms with Crippen LogP contribution in [0.1, 0.15) is 39.3 Å². The Bertz CT molecular complexity index is 307. The number of hydrogen-bond acceptors (Lipinski definition) is 3. The highest BCUT2D eigenvalue weighted by molar-refractivity contribution is 5.04. The van der Waals surface area contributed by atoms with Crippen LogP contribution < -0.4 is 5.73 Å². The third-order valence-corrected chi connectivity index (χ3v) is 3.54. The molecule has 96 valence electrons. The first-order valence-corrected chi connectivity index (χ1v) is 6.51. The van der Waals surface area contributed by atoms with E-state index in [1.54, 1.807) is 0 Å². The first-order valence-electron chi connectivity index (χ1n) is 6.51. The van der Waals surface area contributed by atoms with E-state index in [9.17, 15) is 0 Å². The van der Waals surface area contributed by atoms with Crippen LogP contribution in [0.3, 0.4) is 0 Å². The van der Waals surface area contributed by atoms with E-state index in [1.165, 1.54) is 0 Å². The maximum atomic E-state index is 5.94. The van der Waals surface area contributed by atoms with E-state index in [1.807, 2.05) is 18.3 Å². The monoisotopic (exact) mass is 235 g/mol. The van der Waals surface area contributed by atoms with Crippen molar-refractivity contribution in [1.29, 1.82) is 0 Å². The molecule has 1 heterocycles. The number of nitrogens with zero attached hydrogens (tertiary/aromatic N) is 2. The molecule has 3 heteroatoms. The molecule has 1 unspecified atom stereocenters. The summed E-state index contributed by atoms with van der Waals surface area (Å²) in [6, 6.07) is 6.07. The lowest BCUT2D eigenvalue weighted by molar-refractivity contribution is 0.0958. The van der Waals surface area contributed by atoms with Gasteiger partial charge in [-0.15, -0.1) is 0 Å². The highest BCUT2D eigenvalue weighted by Crippen LogP contribution is 2.20. The topological polar surface area (TPSA) is 42.2 Å². The molecule has 0 aliphatic heterocycles. The van der Waals surface area contributed by atoms with Gasteiger partial charge >= 0.3 is 0 Å². The minimum Gasteiger partial charge on any atom is -0.329 e. The highest BCUT2D eigenvalue weighted by atomic mass is 15.2. The van der Waals surface area contributed by atoms with Gasteiger partial charge < -0.3 is 5.73 Å². The molecule has 3 nitrogen and oxygen atoms in total. The maximum absolute atomic E-state index is 5.94. The summed E-state index contributed by atoms with van der Waals surface area (Å²) in [5, 5.41) is 0. The zero-order chi connectivity index (χ0) is 12.7. The zero-order valence-electron chi connectivity index (χ0n) is 11.3. The molecule has 2 N–H and O–H groups in total. The summed E-state index contributed by atoms with van der Waals surface area (Å²) in [6.07, 6.45) is 4.06. The van der Waals surface area contributed by atoms with Crippen molar-refractivity contribution in [2.75, 3.05) is 13.1 Å². The molecule has 17 heavy (non-hydrogen) atoms. The first kappa shape index (κ1) is 14.1. The normalized spacial score (nSPS) is 14.9. The lowest BCUT2D eigenvalue weighted by Crippen LogP contribution is -2.51. The van der Waals surface area contributed by atoms with Crippen LogP contribution in [-0.4, -0.2) is 28.5 Å². The molecular formula is C14H25N3. The molecule has 0 spiro atoms. The Hall–Kier alpha value is -0.930. The first-order chi connectivity index (χ1) is 8.16. The molecule has 1 atom stereocenters. The van der Waals surface area contributed by atoms with Crippen molar-refractivity contribution >= 4 is 0 Å². The molecular weight excluding hydrogens is 210 g/mol. The van der Waals surface area contributed by atoms with Crippen LogP contribution >= 0.6 is 0 Å². The SMILES string of the molecule is CCCN(Cc1ccccn1)C(C)(CC)CN. The van der Waals surface area contributed by atoms with E-state index < -0.39 is 0 Å². The van der Waals surface area contributed by atoms with Crippen LogP contribution in [0.15, 0.2) is 24.4 Å². The zero-order valence-corrected chi connectivity index (χ0v) is 11.3. The Morgan fingerprint density at radius 2 is 2.12 bits per heavy atom. The van der Waals surface area contributed by atoms with Gasteiger partial charge in [-0.1, -0.05) is 19.9 Å². The summed E-state index contributed by atoms with van der Waals surface area (Å²) in [6.45, 7) is 9.29. The second kappa shape index (κ2) is 6.72.